The Hall–Kier alpha value is -1.09. The Bertz CT molecular complexity index is 332. The zero-order chi connectivity index (χ0) is 12.7. The molecule has 0 aliphatic rings. The largest absolute Gasteiger partial charge is 0.357 e. The van der Waals surface area contributed by atoms with Gasteiger partial charge in [0, 0.05) is 25.3 Å². The molecule has 0 radical (unpaired) electrons. The van der Waals surface area contributed by atoms with Gasteiger partial charge in [0.1, 0.15) is 5.82 Å². The van der Waals surface area contributed by atoms with Crippen LogP contribution >= 0.6 is 0 Å². The highest BCUT2D eigenvalue weighted by atomic mass is 15.2. The molecule has 0 aliphatic carbocycles. The van der Waals surface area contributed by atoms with E-state index in [0.717, 1.165) is 38.4 Å². The van der Waals surface area contributed by atoms with E-state index in [1.54, 1.807) is 0 Å². The molecule has 3 heteroatoms. The third-order valence-corrected chi connectivity index (χ3v) is 2.95. The van der Waals surface area contributed by atoms with Gasteiger partial charge in [0.05, 0.1) is 0 Å². The van der Waals surface area contributed by atoms with E-state index in [-0.39, 0.29) is 0 Å². The SMILES string of the molecule is CCNCc1cc(CC)nc(N(CC)CC)c1. The van der Waals surface area contributed by atoms with Crippen LogP contribution in [0.3, 0.4) is 0 Å². The van der Waals surface area contributed by atoms with Gasteiger partial charge in [-0.05, 0) is 44.5 Å². The van der Waals surface area contributed by atoms with Crippen LogP contribution < -0.4 is 10.2 Å². The van der Waals surface area contributed by atoms with Crippen LogP contribution in [0.25, 0.3) is 0 Å². The number of aryl methyl sites for hydroxylation is 1. The molecule has 1 rings (SSSR count). The van der Waals surface area contributed by atoms with E-state index < -0.39 is 0 Å². The Morgan fingerprint density at radius 2 is 1.82 bits per heavy atom. The maximum absolute atomic E-state index is 4.70. The lowest BCUT2D eigenvalue weighted by molar-refractivity contribution is 0.722. The van der Waals surface area contributed by atoms with Gasteiger partial charge in [0.2, 0.25) is 0 Å². The Labute approximate surface area is 105 Å². The minimum absolute atomic E-state index is 0.931. The van der Waals surface area contributed by atoms with E-state index in [0.29, 0.717) is 0 Å². The highest BCUT2D eigenvalue weighted by molar-refractivity contribution is 5.42. The summed E-state index contributed by atoms with van der Waals surface area (Å²) in [5.41, 5.74) is 2.52. The molecule has 1 N–H and O–H groups in total. The number of nitrogens with one attached hydrogen (secondary N) is 1. The lowest BCUT2D eigenvalue weighted by Crippen LogP contribution is -2.24. The second-order valence-electron chi connectivity index (χ2n) is 4.13. The van der Waals surface area contributed by atoms with Crippen LogP contribution in [-0.4, -0.2) is 24.6 Å². The Morgan fingerprint density at radius 1 is 1.12 bits per heavy atom. The summed E-state index contributed by atoms with van der Waals surface area (Å²) in [4.78, 5) is 7.00. The first-order valence-electron chi connectivity index (χ1n) is 6.70. The van der Waals surface area contributed by atoms with Crippen molar-refractivity contribution in [2.45, 2.75) is 40.7 Å². The molecule has 1 aromatic heterocycles. The number of hydrogen-bond acceptors (Lipinski definition) is 3. The van der Waals surface area contributed by atoms with E-state index in [9.17, 15) is 0 Å². The molecule has 1 heterocycles. The predicted octanol–water partition coefficient (Wildman–Crippen LogP) is 2.60. The van der Waals surface area contributed by atoms with E-state index in [1.165, 1.54) is 11.3 Å². The number of aromatic nitrogens is 1. The molecule has 0 unspecified atom stereocenters. The molecule has 0 aromatic carbocycles. The second kappa shape index (κ2) is 7.28. The number of nitrogens with zero attached hydrogens (tertiary/aromatic N) is 2. The molecule has 0 atom stereocenters. The molecule has 0 fully saturated rings. The summed E-state index contributed by atoms with van der Waals surface area (Å²) in [5.74, 6) is 1.11. The minimum Gasteiger partial charge on any atom is -0.357 e. The van der Waals surface area contributed by atoms with Crippen molar-refractivity contribution in [3.8, 4) is 0 Å². The third kappa shape index (κ3) is 4.00. The van der Waals surface area contributed by atoms with Crippen LogP contribution in [0.1, 0.15) is 39.0 Å². The number of rotatable bonds is 7. The molecule has 0 aliphatic heterocycles. The molecular weight excluding hydrogens is 210 g/mol. The summed E-state index contributed by atoms with van der Waals surface area (Å²) in [7, 11) is 0. The van der Waals surface area contributed by atoms with E-state index in [2.05, 4.69) is 50.0 Å². The van der Waals surface area contributed by atoms with E-state index in [1.807, 2.05) is 0 Å². The van der Waals surface area contributed by atoms with Gasteiger partial charge in [-0.3, -0.25) is 0 Å². The minimum atomic E-state index is 0.931. The van der Waals surface area contributed by atoms with Crippen molar-refractivity contribution in [2.75, 3.05) is 24.5 Å². The third-order valence-electron chi connectivity index (χ3n) is 2.95. The molecule has 96 valence electrons. The highest BCUT2D eigenvalue weighted by Crippen LogP contribution is 2.15. The van der Waals surface area contributed by atoms with Crippen molar-refractivity contribution in [1.82, 2.24) is 10.3 Å². The summed E-state index contributed by atoms with van der Waals surface area (Å²) < 4.78 is 0. The molecule has 0 spiro atoms. The molecule has 17 heavy (non-hydrogen) atoms. The van der Waals surface area contributed by atoms with Crippen LogP contribution in [-0.2, 0) is 13.0 Å². The van der Waals surface area contributed by atoms with Crippen LogP contribution in [0.5, 0.6) is 0 Å². The summed E-state index contributed by atoms with van der Waals surface area (Å²) in [6.45, 7) is 12.6. The molecule has 0 saturated heterocycles. The van der Waals surface area contributed by atoms with Gasteiger partial charge in [0.25, 0.3) is 0 Å². The second-order valence-corrected chi connectivity index (χ2v) is 4.13. The Kier molecular flexibility index (Phi) is 5.98. The fraction of sp³-hybridized carbons (Fsp3) is 0.643. The lowest BCUT2D eigenvalue weighted by atomic mass is 10.2. The van der Waals surface area contributed by atoms with Gasteiger partial charge in [0.15, 0.2) is 0 Å². The normalized spacial score (nSPS) is 10.6. The van der Waals surface area contributed by atoms with Crippen LogP contribution in [0, 0.1) is 0 Å². The first kappa shape index (κ1) is 14.0. The molecule has 0 saturated carbocycles. The monoisotopic (exact) mass is 235 g/mol. The molecule has 1 aromatic rings. The summed E-state index contributed by atoms with van der Waals surface area (Å²) in [6, 6.07) is 4.41. The van der Waals surface area contributed by atoms with Crippen molar-refractivity contribution in [3.63, 3.8) is 0 Å². The van der Waals surface area contributed by atoms with Crippen molar-refractivity contribution in [3.05, 3.63) is 23.4 Å². The maximum atomic E-state index is 4.70. The van der Waals surface area contributed by atoms with E-state index >= 15 is 0 Å². The summed E-state index contributed by atoms with van der Waals surface area (Å²) >= 11 is 0. The van der Waals surface area contributed by atoms with Crippen molar-refractivity contribution in [2.24, 2.45) is 0 Å². The van der Waals surface area contributed by atoms with Crippen molar-refractivity contribution < 1.29 is 0 Å². The van der Waals surface area contributed by atoms with Gasteiger partial charge in [-0.2, -0.15) is 0 Å². The zero-order valence-electron chi connectivity index (χ0n) is 11.6. The first-order chi connectivity index (χ1) is 8.24. The highest BCUT2D eigenvalue weighted by Gasteiger charge is 2.06. The number of anilines is 1. The Balaban J connectivity index is 2.95. The van der Waals surface area contributed by atoms with Crippen LogP contribution in [0.4, 0.5) is 5.82 Å². The Morgan fingerprint density at radius 3 is 2.35 bits per heavy atom. The lowest BCUT2D eigenvalue weighted by Gasteiger charge is -2.21. The molecule has 0 bridgehead atoms. The van der Waals surface area contributed by atoms with Gasteiger partial charge in [-0.25, -0.2) is 4.98 Å². The fourth-order valence-electron chi connectivity index (χ4n) is 1.90. The summed E-state index contributed by atoms with van der Waals surface area (Å²) in [5, 5.41) is 3.37. The predicted molar refractivity (Wildman–Crippen MR) is 74.6 cm³/mol. The maximum Gasteiger partial charge on any atom is 0.129 e. The quantitative estimate of drug-likeness (QED) is 0.787. The topological polar surface area (TPSA) is 28.2 Å². The number of hydrogen-bond donors (Lipinski definition) is 1. The number of pyridine rings is 1. The van der Waals surface area contributed by atoms with Gasteiger partial charge in [-0.1, -0.05) is 13.8 Å². The molecule has 3 nitrogen and oxygen atoms in total. The standard InChI is InChI=1S/C14H25N3/c1-5-13-9-12(11-15-6-2)10-14(16-13)17(7-3)8-4/h9-10,15H,5-8,11H2,1-4H3. The fourth-order valence-corrected chi connectivity index (χ4v) is 1.90. The van der Waals surface area contributed by atoms with Crippen LogP contribution in [0.15, 0.2) is 12.1 Å². The average Bonchev–Trinajstić information content (AvgIpc) is 2.37. The van der Waals surface area contributed by atoms with Crippen molar-refractivity contribution in [1.29, 1.82) is 0 Å². The zero-order valence-corrected chi connectivity index (χ0v) is 11.6. The van der Waals surface area contributed by atoms with Crippen molar-refractivity contribution >= 4 is 5.82 Å². The molecular formula is C14H25N3. The molecule has 0 amide bonds. The van der Waals surface area contributed by atoms with Gasteiger partial charge in [-0.15, -0.1) is 0 Å². The van der Waals surface area contributed by atoms with Crippen LogP contribution in [0.2, 0.25) is 0 Å². The van der Waals surface area contributed by atoms with E-state index in [4.69, 9.17) is 4.98 Å². The van der Waals surface area contributed by atoms with Gasteiger partial charge < -0.3 is 10.2 Å². The average molecular weight is 235 g/mol. The first-order valence-corrected chi connectivity index (χ1v) is 6.70. The smallest absolute Gasteiger partial charge is 0.129 e. The van der Waals surface area contributed by atoms with Gasteiger partial charge >= 0.3 is 0 Å². The summed E-state index contributed by atoms with van der Waals surface area (Å²) in [6.07, 6.45) is 0.994.